The summed E-state index contributed by atoms with van der Waals surface area (Å²) in [4.78, 5) is 72.2. The minimum absolute atomic E-state index is 0.0544. The fourth-order valence-electron chi connectivity index (χ4n) is 8.41. The Balaban J connectivity index is 0.000000234. The molecule has 3 aromatic heterocycles. The quantitative estimate of drug-likeness (QED) is 0.0355. The van der Waals surface area contributed by atoms with Gasteiger partial charge in [-0.05, 0) is 160 Å². The van der Waals surface area contributed by atoms with E-state index in [-0.39, 0.29) is 46.9 Å². The topological polar surface area (TPSA) is 357 Å². The van der Waals surface area contributed by atoms with Gasteiger partial charge in [-0.25, -0.2) is 14.4 Å². The molecule has 2 unspecified atom stereocenters. The van der Waals surface area contributed by atoms with Crippen LogP contribution in [0.4, 0.5) is 54.7 Å². The second kappa shape index (κ2) is 31.4. The molecule has 530 valence electrons. The molecule has 31 heteroatoms. The third-order valence-electron chi connectivity index (χ3n) is 13.6. The molecule has 7 aromatic rings. The van der Waals surface area contributed by atoms with Gasteiger partial charge in [0.1, 0.15) is 16.8 Å². The Labute approximate surface area is 571 Å². The van der Waals surface area contributed by atoms with Gasteiger partial charge in [0.15, 0.2) is 5.82 Å². The highest BCUT2D eigenvalue weighted by Gasteiger charge is 2.62. The molecule has 3 heterocycles. The Morgan fingerprint density at radius 3 is 1.13 bits per heavy atom. The molecule has 0 spiro atoms. The van der Waals surface area contributed by atoms with Crippen molar-refractivity contribution in [1.82, 2.24) is 71.8 Å². The summed E-state index contributed by atoms with van der Waals surface area (Å²) in [6.45, 7) is 31.4. The monoisotopic (exact) mass is 1370 g/mol. The number of halogens is 4. The van der Waals surface area contributed by atoms with Gasteiger partial charge in [0.2, 0.25) is 41.0 Å². The zero-order chi connectivity index (χ0) is 73.7. The third kappa shape index (κ3) is 23.7. The largest absolute Gasteiger partial charge is 0.444 e. The van der Waals surface area contributed by atoms with Crippen LogP contribution in [-0.4, -0.2) is 126 Å². The zero-order valence-electron chi connectivity index (χ0n) is 58.8. The van der Waals surface area contributed by atoms with Crippen LogP contribution < -0.4 is 31.9 Å². The summed E-state index contributed by atoms with van der Waals surface area (Å²) < 4.78 is 71.9. The molecule has 0 saturated heterocycles. The van der Waals surface area contributed by atoms with E-state index in [4.69, 9.17) is 9.47 Å². The molecule has 6 amide bonds. The number of carbonyl (C=O) groups is 6. The first-order valence-corrected chi connectivity index (χ1v) is 31.6. The predicted molar refractivity (Wildman–Crippen MR) is 361 cm³/mol. The van der Waals surface area contributed by atoms with Gasteiger partial charge in [-0.15, -0.1) is 61.2 Å². The van der Waals surface area contributed by atoms with Crippen molar-refractivity contribution < 1.29 is 60.5 Å². The summed E-state index contributed by atoms with van der Waals surface area (Å²) in [5, 5.41) is 61.9. The number of para-hydroxylation sites is 1. The lowest BCUT2D eigenvalue weighted by Gasteiger charge is -2.31. The lowest BCUT2D eigenvalue weighted by Crippen LogP contribution is -2.54. The fraction of sp³-hybridized carbons (Fsp3) is 0.471. The summed E-state index contributed by atoms with van der Waals surface area (Å²) in [6, 6.07) is 22.2. The van der Waals surface area contributed by atoms with Crippen LogP contribution in [0.1, 0.15) is 168 Å². The van der Waals surface area contributed by atoms with Gasteiger partial charge < -0.3 is 35.5 Å². The molecule has 1 fully saturated rings. The van der Waals surface area contributed by atoms with Crippen molar-refractivity contribution >= 4 is 58.8 Å². The van der Waals surface area contributed by atoms with Crippen LogP contribution >= 0.6 is 0 Å². The van der Waals surface area contributed by atoms with Crippen LogP contribution in [0, 0.1) is 16.2 Å². The van der Waals surface area contributed by atoms with E-state index in [1.807, 2.05) is 74.4 Å². The highest BCUT2D eigenvalue weighted by molar-refractivity contribution is 5.96. The highest BCUT2D eigenvalue weighted by atomic mass is 19.3. The SMILES string of the molecule is CC(C)(C)OC(=O)NC(F)(F)C(F)(F)c1nnc(-c2ccc(NC(=O)C(C)(C)C)cc2)nn1.CC(C)(C)OC(=O)NC1CCCCC1c1nnc(-c2ccc(NC(=O)C(C)(C)C)cc2)nn1.CC(C)(C)OC(=O)Nc1ccccc1-c1nnc(-c2ccc(NC(=O)C(C)(C)C)cc2)nn1. The van der Waals surface area contributed by atoms with Crippen molar-refractivity contribution in [2.75, 3.05) is 21.3 Å². The molecule has 4 aromatic carbocycles. The van der Waals surface area contributed by atoms with E-state index < -0.39 is 69.1 Å². The second-order valence-electron chi connectivity index (χ2n) is 29.1. The van der Waals surface area contributed by atoms with Gasteiger partial charge in [0.25, 0.3) is 5.82 Å². The van der Waals surface area contributed by atoms with Crippen molar-refractivity contribution in [2.45, 2.75) is 191 Å². The molecule has 0 aliphatic heterocycles. The first-order chi connectivity index (χ1) is 45.8. The average molecular weight is 1380 g/mol. The number of alkyl carbamates (subject to hydrolysis) is 2. The first kappa shape index (κ1) is 77.6. The van der Waals surface area contributed by atoms with E-state index >= 15 is 0 Å². The molecule has 6 N–H and O–H groups in total. The molecule has 2 atom stereocenters. The maximum Gasteiger partial charge on any atom is 0.412 e. The van der Waals surface area contributed by atoms with Gasteiger partial charge in [-0.1, -0.05) is 87.3 Å². The predicted octanol–water partition coefficient (Wildman–Crippen LogP) is 13.5. The summed E-state index contributed by atoms with van der Waals surface area (Å²) in [7, 11) is 0. The lowest BCUT2D eigenvalue weighted by molar-refractivity contribution is -0.234. The molecule has 99 heavy (non-hydrogen) atoms. The Kier molecular flexibility index (Phi) is 24.7. The minimum Gasteiger partial charge on any atom is -0.444 e. The van der Waals surface area contributed by atoms with Crippen LogP contribution in [0.2, 0.25) is 0 Å². The van der Waals surface area contributed by atoms with E-state index in [0.29, 0.717) is 51.3 Å². The van der Waals surface area contributed by atoms with Crippen molar-refractivity contribution in [3.8, 4) is 45.6 Å². The number of hydrogen-bond acceptors (Lipinski definition) is 21. The smallest absolute Gasteiger partial charge is 0.412 e. The molecule has 1 saturated carbocycles. The molecule has 27 nitrogen and oxygen atoms in total. The summed E-state index contributed by atoms with van der Waals surface area (Å²) in [6.07, 6.45) is 0.977. The van der Waals surface area contributed by atoms with Crippen LogP contribution in [0.5, 0.6) is 0 Å². The fourth-order valence-corrected chi connectivity index (χ4v) is 8.41. The van der Waals surface area contributed by atoms with Crippen molar-refractivity contribution in [3.63, 3.8) is 0 Å². The average Bonchev–Trinajstić information content (AvgIpc) is 0.790. The van der Waals surface area contributed by atoms with E-state index in [1.165, 1.54) is 45.0 Å². The van der Waals surface area contributed by atoms with Crippen molar-refractivity contribution in [1.29, 1.82) is 0 Å². The number of carbonyl (C=O) groups excluding carboxylic acids is 6. The number of amides is 6. The van der Waals surface area contributed by atoms with Crippen molar-refractivity contribution in [2.24, 2.45) is 16.2 Å². The maximum absolute atomic E-state index is 14.3. The zero-order valence-corrected chi connectivity index (χ0v) is 58.8. The Morgan fingerprint density at radius 1 is 0.394 bits per heavy atom. The van der Waals surface area contributed by atoms with Crippen LogP contribution in [0.25, 0.3) is 45.6 Å². The summed E-state index contributed by atoms with van der Waals surface area (Å²) in [5.41, 5.74) is 0.724. The summed E-state index contributed by atoms with van der Waals surface area (Å²) >= 11 is 0. The number of rotatable bonds is 13. The molecule has 0 bridgehead atoms. The molecular weight excluding hydrogens is 1290 g/mol. The number of nitrogens with one attached hydrogen (secondary N) is 6. The maximum atomic E-state index is 14.3. The Morgan fingerprint density at radius 2 is 0.737 bits per heavy atom. The van der Waals surface area contributed by atoms with Gasteiger partial charge in [0.05, 0.1) is 5.69 Å². The van der Waals surface area contributed by atoms with Gasteiger partial charge in [-0.2, -0.15) is 17.6 Å². The second-order valence-corrected chi connectivity index (χ2v) is 29.1. The number of hydrogen-bond donors (Lipinski definition) is 6. The number of alkyl halides is 4. The minimum atomic E-state index is -5.08. The third-order valence-corrected chi connectivity index (χ3v) is 13.6. The Bertz CT molecular complexity index is 3910. The number of nitrogens with zero attached hydrogens (tertiary/aromatic N) is 12. The Hall–Kier alpha value is -10.4. The molecule has 1 aliphatic carbocycles. The number of anilines is 4. The standard InChI is InChI=1S/C24H34N6O3.C24H28N6O3.C20H24F4N6O3/c2*1-23(2,3)21(31)25-16-13-11-15(12-14-16)19-27-29-20(30-28-19)17-9-7-8-10-18(17)26-22(32)33-24(4,5)6;1-17(2,3)15(31)25-12-9-7-11(8-10-12)13-27-29-14(30-28-13)19(21,22)20(23,24)26-16(32)33-18(4,5)6/h11-14,17-18H,7-10H2,1-6H3,(H,25,31)(H,26,32);7-14H,1-6H3,(H,25,31)(H,26,32);7-10H,1-6H3,(H,25,31)(H,26,32). The molecule has 8 rings (SSSR count). The normalized spacial score (nSPS) is 14.4. The first-order valence-electron chi connectivity index (χ1n) is 31.6. The van der Waals surface area contributed by atoms with Gasteiger partial charge >= 0.3 is 30.2 Å². The number of aromatic nitrogens is 12. The lowest BCUT2D eigenvalue weighted by atomic mass is 9.84. The molecule has 1 aliphatic rings. The van der Waals surface area contributed by atoms with Crippen LogP contribution in [-0.2, 0) is 34.5 Å². The van der Waals surface area contributed by atoms with Crippen molar-refractivity contribution in [3.05, 3.63) is 109 Å². The molecular formula is C68H86F4N18O9. The van der Waals surface area contributed by atoms with Crippen LogP contribution in [0.15, 0.2) is 97.1 Å². The highest BCUT2D eigenvalue weighted by Crippen LogP contribution is 2.40. The van der Waals surface area contributed by atoms with Gasteiger partial charge in [-0.3, -0.25) is 25.0 Å². The van der Waals surface area contributed by atoms with E-state index in [1.54, 1.807) is 102 Å². The van der Waals surface area contributed by atoms with E-state index in [2.05, 4.69) is 92.5 Å². The summed E-state index contributed by atoms with van der Waals surface area (Å²) in [5.74, 6) is -5.81. The molecule has 0 radical (unpaired) electrons. The number of benzene rings is 4. The van der Waals surface area contributed by atoms with Gasteiger partial charge in [0, 0.05) is 67.5 Å². The van der Waals surface area contributed by atoms with E-state index in [0.717, 1.165) is 36.6 Å². The van der Waals surface area contributed by atoms with Crippen LogP contribution in [0.3, 0.4) is 0 Å². The van der Waals surface area contributed by atoms with E-state index in [9.17, 15) is 46.3 Å². The number of ether oxygens (including phenoxy) is 3.